The van der Waals surface area contributed by atoms with E-state index in [0.717, 1.165) is 5.56 Å². The summed E-state index contributed by atoms with van der Waals surface area (Å²) in [6, 6.07) is 11.2. The lowest BCUT2D eigenvalue weighted by Gasteiger charge is -2.43. The molecule has 2 aliphatic rings. The van der Waals surface area contributed by atoms with Gasteiger partial charge in [0.05, 0.1) is 31.2 Å². The van der Waals surface area contributed by atoms with Crippen molar-refractivity contribution in [3.63, 3.8) is 0 Å². The topological polar surface area (TPSA) is 128 Å². The molecule has 2 amide bonds. The van der Waals surface area contributed by atoms with Gasteiger partial charge < -0.3 is 28.8 Å². The minimum atomic E-state index is -2.35. The number of carbonyl (C=O) groups is 3. The minimum absolute atomic E-state index is 0.111. The summed E-state index contributed by atoms with van der Waals surface area (Å²) in [4.78, 5) is 44.5. The summed E-state index contributed by atoms with van der Waals surface area (Å²) >= 11 is 0. The molecule has 2 heterocycles. The number of ether oxygens (including phenoxy) is 4. The van der Waals surface area contributed by atoms with Crippen molar-refractivity contribution in [1.29, 1.82) is 5.41 Å². The van der Waals surface area contributed by atoms with Crippen LogP contribution in [0.1, 0.15) is 85.9 Å². The molecule has 2 aliphatic heterocycles. The predicted octanol–water partition coefficient (Wildman–Crippen LogP) is 8.01. The largest absolute Gasteiger partial charge is 0.487 e. The van der Waals surface area contributed by atoms with Crippen LogP contribution >= 0.6 is 0 Å². The van der Waals surface area contributed by atoms with Crippen LogP contribution in [0.5, 0.6) is 5.75 Å². The van der Waals surface area contributed by atoms with Gasteiger partial charge in [-0.1, -0.05) is 51.1 Å². The Morgan fingerprint density at radius 1 is 0.939 bits per heavy atom. The summed E-state index contributed by atoms with van der Waals surface area (Å²) in [6.45, 7) is 23.1. The number of anilines is 2. The van der Waals surface area contributed by atoms with Crippen molar-refractivity contribution in [2.24, 2.45) is 0 Å². The van der Waals surface area contributed by atoms with E-state index in [4.69, 9.17) is 23.4 Å². The maximum atomic E-state index is 14.1. The Morgan fingerprint density at radius 3 is 2.04 bits per heavy atom. The highest BCUT2D eigenvalue weighted by Gasteiger charge is 2.59. The van der Waals surface area contributed by atoms with E-state index in [1.165, 1.54) is 23.8 Å². The van der Waals surface area contributed by atoms with Gasteiger partial charge in [0.1, 0.15) is 29.2 Å². The van der Waals surface area contributed by atoms with Crippen LogP contribution in [-0.2, 0) is 36.5 Å². The SMILES string of the molecule is COC(=O)[C@@]1(C)C(=N)c2c3c(cc(OCc4ccccc4)c2N1C(=O)OC(C)(C)C)N(C(=O)OC(C)(C)C)C[C@@H](O[Si](C)(C)C(C)(C)C)C3. The summed E-state index contributed by atoms with van der Waals surface area (Å²) in [6.07, 6.45) is -1.59. The number of nitrogens with one attached hydrogen (secondary N) is 1. The van der Waals surface area contributed by atoms with Gasteiger partial charge in [0.25, 0.3) is 0 Å². The Labute approximate surface area is 291 Å². The van der Waals surface area contributed by atoms with Crippen molar-refractivity contribution in [2.75, 3.05) is 23.5 Å². The Bertz CT molecular complexity index is 1620. The fourth-order valence-electron chi connectivity index (χ4n) is 5.77. The molecule has 0 saturated heterocycles. The minimum Gasteiger partial charge on any atom is -0.487 e. The summed E-state index contributed by atoms with van der Waals surface area (Å²) in [5.74, 6) is -0.630. The zero-order valence-corrected chi connectivity index (χ0v) is 32.3. The third-order valence-electron chi connectivity index (χ3n) is 9.14. The Kier molecular flexibility index (Phi) is 10.1. The average molecular weight is 696 g/mol. The lowest BCUT2D eigenvalue weighted by molar-refractivity contribution is -0.143. The Morgan fingerprint density at radius 2 is 1.51 bits per heavy atom. The normalized spacial score (nSPS) is 19.6. The first-order valence-electron chi connectivity index (χ1n) is 16.7. The predicted molar refractivity (Wildman–Crippen MR) is 193 cm³/mol. The number of carbonyl (C=O) groups excluding carboxylic acids is 3. The van der Waals surface area contributed by atoms with Gasteiger partial charge in [0.15, 0.2) is 13.9 Å². The van der Waals surface area contributed by atoms with E-state index >= 15 is 0 Å². The number of esters is 1. The van der Waals surface area contributed by atoms with Crippen molar-refractivity contribution in [1.82, 2.24) is 0 Å². The van der Waals surface area contributed by atoms with Crippen molar-refractivity contribution >= 4 is 43.6 Å². The van der Waals surface area contributed by atoms with Crippen LogP contribution < -0.4 is 14.5 Å². The molecule has 49 heavy (non-hydrogen) atoms. The monoisotopic (exact) mass is 695 g/mol. The molecule has 0 saturated carbocycles. The molecule has 0 aromatic heterocycles. The van der Waals surface area contributed by atoms with Crippen LogP contribution in [0.25, 0.3) is 0 Å². The van der Waals surface area contributed by atoms with Gasteiger partial charge in [-0.2, -0.15) is 0 Å². The van der Waals surface area contributed by atoms with Gasteiger partial charge in [-0.25, -0.2) is 14.4 Å². The molecule has 0 fully saturated rings. The summed E-state index contributed by atoms with van der Waals surface area (Å²) in [5.41, 5.74) is -1.46. The molecule has 0 bridgehead atoms. The number of benzene rings is 2. The Balaban J connectivity index is 2.03. The second-order valence-corrected chi connectivity index (χ2v) is 21.2. The maximum absolute atomic E-state index is 14.1. The van der Waals surface area contributed by atoms with Crippen LogP contribution in [-0.4, -0.2) is 68.7 Å². The fourth-order valence-corrected chi connectivity index (χ4v) is 7.11. The van der Waals surface area contributed by atoms with E-state index in [1.807, 2.05) is 30.3 Å². The number of hydrogen-bond donors (Lipinski definition) is 1. The van der Waals surface area contributed by atoms with E-state index in [2.05, 4.69) is 33.9 Å². The van der Waals surface area contributed by atoms with Crippen molar-refractivity contribution < 1.29 is 37.8 Å². The highest BCUT2D eigenvalue weighted by molar-refractivity contribution is 6.74. The third-order valence-corrected chi connectivity index (χ3v) is 13.7. The lowest BCUT2D eigenvalue weighted by Crippen LogP contribution is -2.58. The van der Waals surface area contributed by atoms with Crippen LogP contribution in [0.4, 0.5) is 21.0 Å². The van der Waals surface area contributed by atoms with Crippen LogP contribution in [0.2, 0.25) is 18.1 Å². The molecule has 2 aromatic carbocycles. The lowest BCUT2D eigenvalue weighted by atomic mass is 9.87. The summed E-state index contributed by atoms with van der Waals surface area (Å²) in [7, 11) is -1.14. The quantitative estimate of drug-likeness (QED) is 0.183. The van der Waals surface area contributed by atoms with E-state index in [-0.39, 0.29) is 40.9 Å². The van der Waals surface area contributed by atoms with Crippen molar-refractivity contribution in [3.05, 3.63) is 53.1 Å². The Hall–Kier alpha value is -3.90. The molecule has 1 N–H and O–H groups in total. The standard InChI is InChI=1S/C37H53N3O8Si/c1-34(2,3)46-32(42)39-21-24(48-49(12,13)36(7,8)9)19-25-26(39)20-27(45-22-23-17-15-14-16-18-23)29-28(25)30(38)37(10,31(41)44-11)40(29)33(43)47-35(4,5)6/h14-18,20,24,38H,19,21-22H2,1-13H3/t24-,37+/m0/s1. The number of fused-ring (bicyclic) bond motifs is 3. The number of rotatable bonds is 6. The van der Waals surface area contributed by atoms with Gasteiger partial charge in [-0.05, 0) is 77.7 Å². The zero-order valence-electron chi connectivity index (χ0n) is 31.3. The van der Waals surface area contributed by atoms with E-state index in [0.29, 0.717) is 17.7 Å². The first kappa shape index (κ1) is 37.9. The van der Waals surface area contributed by atoms with E-state index < -0.39 is 49.3 Å². The zero-order chi connectivity index (χ0) is 36.9. The van der Waals surface area contributed by atoms with Crippen molar-refractivity contribution in [3.8, 4) is 5.75 Å². The van der Waals surface area contributed by atoms with E-state index in [9.17, 15) is 19.8 Å². The molecule has 0 radical (unpaired) electrons. The molecular formula is C37H53N3O8Si. The number of methoxy groups -OCH3 is 1. The average Bonchev–Trinajstić information content (AvgIpc) is 3.21. The fraction of sp³-hybridized carbons (Fsp3) is 0.568. The maximum Gasteiger partial charge on any atom is 0.416 e. The van der Waals surface area contributed by atoms with Crippen LogP contribution in [0.3, 0.4) is 0 Å². The number of amides is 2. The molecule has 2 aromatic rings. The highest BCUT2D eigenvalue weighted by Crippen LogP contribution is 2.52. The molecule has 0 unspecified atom stereocenters. The number of hydrogen-bond acceptors (Lipinski definition) is 9. The summed E-state index contributed by atoms with van der Waals surface area (Å²) in [5, 5.41) is 9.48. The molecule has 2 atom stereocenters. The molecule has 12 heteroatoms. The summed E-state index contributed by atoms with van der Waals surface area (Å²) < 4.78 is 30.3. The number of nitrogens with zero attached hydrogens (tertiary/aromatic N) is 2. The molecule has 4 rings (SSSR count). The second kappa shape index (κ2) is 13.1. The second-order valence-electron chi connectivity index (χ2n) is 16.4. The third kappa shape index (κ3) is 7.65. The molecule has 0 spiro atoms. The molecular weight excluding hydrogens is 643 g/mol. The molecule has 11 nitrogen and oxygen atoms in total. The van der Waals surface area contributed by atoms with Crippen LogP contribution in [0, 0.1) is 5.41 Å². The molecule has 0 aliphatic carbocycles. The first-order valence-corrected chi connectivity index (χ1v) is 19.6. The van der Waals surface area contributed by atoms with Gasteiger partial charge in [-0.15, -0.1) is 0 Å². The molecule has 268 valence electrons. The van der Waals surface area contributed by atoms with E-state index in [1.54, 1.807) is 47.6 Å². The highest BCUT2D eigenvalue weighted by atomic mass is 28.4. The van der Waals surface area contributed by atoms with Crippen LogP contribution in [0.15, 0.2) is 36.4 Å². The smallest absolute Gasteiger partial charge is 0.416 e. The van der Waals surface area contributed by atoms with Gasteiger partial charge >= 0.3 is 18.2 Å². The van der Waals surface area contributed by atoms with Gasteiger partial charge in [-0.3, -0.25) is 9.80 Å². The van der Waals surface area contributed by atoms with Gasteiger partial charge in [0.2, 0.25) is 0 Å². The first-order chi connectivity index (χ1) is 22.4. The van der Waals surface area contributed by atoms with Crippen molar-refractivity contribution in [2.45, 2.75) is 123 Å². The van der Waals surface area contributed by atoms with Gasteiger partial charge in [0, 0.05) is 18.1 Å².